The number of carboxylic acid groups (broad SMARTS) is 1. The highest BCUT2D eigenvalue weighted by molar-refractivity contribution is 6.36. The number of amides is 2. The zero-order valence-corrected chi connectivity index (χ0v) is 16.9. The molecule has 1 aliphatic rings. The van der Waals surface area contributed by atoms with Crippen LogP contribution in [-0.2, 0) is 14.4 Å². The lowest BCUT2D eigenvalue weighted by Gasteiger charge is -2.33. The molecule has 0 aliphatic carbocycles. The SMILES string of the molecule is NNC(=O)C1(C(Cl)C(=O)O)CC(=O)N(c2ccccc2Cl)c2cc(Cl)ccc2N1. The maximum atomic E-state index is 13.3. The second kappa shape index (κ2) is 8.08. The molecule has 2 amide bonds. The summed E-state index contributed by atoms with van der Waals surface area (Å²) in [5, 5.41) is 11.1. The Kier molecular flexibility index (Phi) is 5.90. The fourth-order valence-corrected chi connectivity index (χ4v) is 3.79. The molecule has 0 radical (unpaired) electrons. The van der Waals surface area contributed by atoms with Crippen molar-refractivity contribution in [1.82, 2.24) is 5.43 Å². The van der Waals surface area contributed by atoms with E-state index in [0.717, 1.165) is 0 Å². The molecule has 2 aromatic carbocycles. The molecule has 29 heavy (non-hydrogen) atoms. The smallest absolute Gasteiger partial charge is 0.324 e. The lowest BCUT2D eigenvalue weighted by Crippen LogP contribution is -2.62. The number of halogens is 3. The van der Waals surface area contributed by atoms with Crippen molar-refractivity contribution in [3.63, 3.8) is 0 Å². The number of nitrogens with one attached hydrogen (secondary N) is 2. The van der Waals surface area contributed by atoms with Gasteiger partial charge in [-0.2, -0.15) is 0 Å². The number of para-hydroxylation sites is 1. The van der Waals surface area contributed by atoms with E-state index in [1.54, 1.807) is 24.3 Å². The fourth-order valence-electron chi connectivity index (χ4n) is 3.17. The zero-order chi connectivity index (χ0) is 21.3. The van der Waals surface area contributed by atoms with Crippen molar-refractivity contribution < 1.29 is 19.5 Å². The van der Waals surface area contributed by atoms with Crippen molar-refractivity contribution >= 4 is 69.6 Å². The summed E-state index contributed by atoms with van der Waals surface area (Å²) in [5.41, 5.74) is 0.673. The first-order valence-electron chi connectivity index (χ1n) is 8.24. The molecule has 8 nitrogen and oxygen atoms in total. The maximum Gasteiger partial charge on any atom is 0.324 e. The van der Waals surface area contributed by atoms with E-state index in [4.69, 9.17) is 40.6 Å². The number of rotatable bonds is 4. The molecule has 3 rings (SSSR count). The quantitative estimate of drug-likeness (QED) is 0.242. The Labute approximate surface area is 180 Å². The summed E-state index contributed by atoms with van der Waals surface area (Å²) in [5.74, 6) is 2.18. The zero-order valence-electron chi connectivity index (χ0n) is 14.7. The van der Waals surface area contributed by atoms with Gasteiger partial charge in [0.05, 0.1) is 28.5 Å². The topological polar surface area (TPSA) is 125 Å². The van der Waals surface area contributed by atoms with Crippen molar-refractivity contribution in [1.29, 1.82) is 0 Å². The lowest BCUT2D eigenvalue weighted by atomic mass is 9.89. The van der Waals surface area contributed by atoms with Gasteiger partial charge in [-0.1, -0.05) is 35.3 Å². The molecule has 2 aromatic rings. The molecule has 0 saturated heterocycles. The van der Waals surface area contributed by atoms with Crippen LogP contribution in [0.4, 0.5) is 17.1 Å². The summed E-state index contributed by atoms with van der Waals surface area (Å²) in [6.45, 7) is 0. The van der Waals surface area contributed by atoms with Crippen molar-refractivity contribution in [2.75, 3.05) is 10.2 Å². The number of alkyl halides is 1. The number of benzene rings is 2. The Bertz CT molecular complexity index is 1000. The number of fused-ring (bicyclic) bond motifs is 1. The summed E-state index contributed by atoms with van der Waals surface area (Å²) in [6.07, 6.45) is -0.617. The van der Waals surface area contributed by atoms with Crippen LogP contribution in [-0.4, -0.2) is 33.8 Å². The van der Waals surface area contributed by atoms with Crippen LogP contribution < -0.4 is 21.5 Å². The second-order valence-electron chi connectivity index (χ2n) is 6.29. The van der Waals surface area contributed by atoms with Gasteiger partial charge in [-0.3, -0.25) is 24.7 Å². The first-order chi connectivity index (χ1) is 13.7. The maximum absolute atomic E-state index is 13.3. The first-order valence-corrected chi connectivity index (χ1v) is 9.43. The van der Waals surface area contributed by atoms with E-state index in [1.807, 2.05) is 5.43 Å². The molecule has 11 heteroatoms. The van der Waals surface area contributed by atoms with Gasteiger partial charge < -0.3 is 10.4 Å². The Morgan fingerprint density at radius 3 is 2.52 bits per heavy atom. The summed E-state index contributed by atoms with van der Waals surface area (Å²) in [4.78, 5) is 38.9. The van der Waals surface area contributed by atoms with Gasteiger partial charge in [0.1, 0.15) is 0 Å². The average molecular weight is 458 g/mol. The standard InChI is InChI=1S/C18H15Cl3N4O4/c19-9-5-6-11-13(7-9)25(12-4-2-1-3-10(12)20)14(26)8-18(23-11,17(29)24-22)15(21)16(27)28/h1-7,15,23H,8,22H2,(H,24,29)(H,27,28). The number of hydrazine groups is 1. The Hall–Kier alpha value is -2.52. The highest BCUT2D eigenvalue weighted by Gasteiger charge is 2.53. The van der Waals surface area contributed by atoms with Crippen LogP contribution in [0.25, 0.3) is 0 Å². The minimum atomic E-state index is -2.07. The highest BCUT2D eigenvalue weighted by Crippen LogP contribution is 2.43. The normalized spacial score (nSPS) is 19.6. The van der Waals surface area contributed by atoms with Gasteiger partial charge in [0.25, 0.3) is 5.91 Å². The van der Waals surface area contributed by atoms with Gasteiger partial charge in [-0.05, 0) is 30.3 Å². The van der Waals surface area contributed by atoms with Gasteiger partial charge in [0, 0.05) is 5.02 Å². The van der Waals surface area contributed by atoms with E-state index >= 15 is 0 Å². The van der Waals surface area contributed by atoms with Crippen LogP contribution >= 0.6 is 34.8 Å². The van der Waals surface area contributed by atoms with Gasteiger partial charge in [-0.25, -0.2) is 5.84 Å². The highest BCUT2D eigenvalue weighted by atomic mass is 35.5. The molecule has 2 atom stereocenters. The molecule has 0 fully saturated rings. The predicted molar refractivity (Wildman–Crippen MR) is 111 cm³/mol. The minimum Gasteiger partial charge on any atom is -0.480 e. The fraction of sp³-hybridized carbons (Fsp3) is 0.167. The van der Waals surface area contributed by atoms with E-state index in [9.17, 15) is 19.5 Å². The molecule has 0 spiro atoms. The molecule has 1 heterocycles. The number of hydrogen-bond donors (Lipinski definition) is 4. The van der Waals surface area contributed by atoms with E-state index in [-0.39, 0.29) is 16.4 Å². The van der Waals surface area contributed by atoms with Gasteiger partial charge in [0.15, 0.2) is 10.9 Å². The molecule has 0 bridgehead atoms. The number of anilines is 3. The molecule has 152 valence electrons. The van der Waals surface area contributed by atoms with Crippen molar-refractivity contribution in [3.05, 3.63) is 52.5 Å². The summed E-state index contributed by atoms with van der Waals surface area (Å²) >= 11 is 18.5. The van der Waals surface area contributed by atoms with E-state index in [1.165, 1.54) is 23.1 Å². The lowest BCUT2D eigenvalue weighted by molar-refractivity contribution is -0.141. The summed E-state index contributed by atoms with van der Waals surface area (Å²) < 4.78 is 0. The van der Waals surface area contributed by atoms with Crippen LogP contribution in [0.2, 0.25) is 10.0 Å². The number of carbonyl (C=O) groups excluding carboxylic acids is 2. The molecule has 1 aliphatic heterocycles. The minimum absolute atomic E-state index is 0.246. The molecule has 0 aromatic heterocycles. The third-order valence-corrected chi connectivity index (χ3v) is 5.63. The average Bonchev–Trinajstić information content (AvgIpc) is 2.81. The monoisotopic (exact) mass is 456 g/mol. The van der Waals surface area contributed by atoms with E-state index in [2.05, 4.69) is 5.32 Å². The number of carbonyl (C=O) groups is 3. The number of nitrogens with two attached hydrogens (primary N) is 1. The number of carboxylic acids is 1. The first kappa shape index (κ1) is 21.2. The van der Waals surface area contributed by atoms with E-state index in [0.29, 0.717) is 10.7 Å². The third kappa shape index (κ3) is 3.72. The number of aliphatic carboxylic acids is 1. The number of hydrogen-bond acceptors (Lipinski definition) is 5. The van der Waals surface area contributed by atoms with Crippen molar-refractivity contribution in [2.24, 2.45) is 5.84 Å². The predicted octanol–water partition coefficient (Wildman–Crippen LogP) is 2.89. The van der Waals surface area contributed by atoms with Crippen LogP contribution in [0.1, 0.15) is 6.42 Å². The second-order valence-corrected chi connectivity index (χ2v) is 7.57. The van der Waals surface area contributed by atoms with Crippen molar-refractivity contribution in [2.45, 2.75) is 17.3 Å². The van der Waals surface area contributed by atoms with Crippen LogP contribution in [0, 0.1) is 0 Å². The van der Waals surface area contributed by atoms with E-state index < -0.39 is 35.1 Å². The van der Waals surface area contributed by atoms with Gasteiger partial charge in [-0.15, -0.1) is 11.6 Å². The molecular formula is C18H15Cl3N4O4. The van der Waals surface area contributed by atoms with Crippen LogP contribution in [0.3, 0.4) is 0 Å². The number of nitrogens with zero attached hydrogens (tertiary/aromatic N) is 1. The Morgan fingerprint density at radius 1 is 1.21 bits per heavy atom. The molecular weight excluding hydrogens is 443 g/mol. The Morgan fingerprint density at radius 2 is 1.90 bits per heavy atom. The van der Waals surface area contributed by atoms with Crippen LogP contribution in [0.15, 0.2) is 42.5 Å². The summed E-state index contributed by atoms with van der Waals surface area (Å²) in [6, 6.07) is 11.1. The molecule has 0 saturated carbocycles. The van der Waals surface area contributed by atoms with Crippen molar-refractivity contribution in [3.8, 4) is 0 Å². The Balaban J connectivity index is 2.28. The molecule has 2 unspecified atom stereocenters. The molecule has 5 N–H and O–H groups in total. The van der Waals surface area contributed by atoms with Gasteiger partial charge >= 0.3 is 5.97 Å². The van der Waals surface area contributed by atoms with Crippen LogP contribution in [0.5, 0.6) is 0 Å². The largest absolute Gasteiger partial charge is 0.480 e. The third-order valence-electron chi connectivity index (χ3n) is 4.52. The van der Waals surface area contributed by atoms with Gasteiger partial charge in [0.2, 0.25) is 5.91 Å². The summed E-state index contributed by atoms with van der Waals surface area (Å²) in [7, 11) is 0.